The number of thiazole rings is 1. The molecule has 0 aliphatic carbocycles. The van der Waals surface area contributed by atoms with Crippen molar-refractivity contribution >= 4 is 27.5 Å². The normalized spacial score (nSPS) is 11.2. The molecule has 0 aliphatic rings. The molecule has 172 valence electrons. The standard InChI is InChI=1S/C23H25N5O4S/c1-28(2)12-11-24-19(29)14-31-16-9-7-15(8-10-16)23-27-26-20(32-23)13-21-25-22-17(30-3)5-4-6-18(22)33-21/h4-10H,11-14H2,1-3H3,(H,24,29). The van der Waals surface area contributed by atoms with E-state index in [9.17, 15) is 4.79 Å². The van der Waals surface area contributed by atoms with Crippen LogP contribution in [-0.4, -0.2) is 66.9 Å². The molecule has 0 fully saturated rings. The van der Waals surface area contributed by atoms with E-state index in [4.69, 9.17) is 13.9 Å². The average molecular weight is 468 g/mol. The van der Waals surface area contributed by atoms with Gasteiger partial charge in [-0.15, -0.1) is 21.5 Å². The topological polar surface area (TPSA) is 103 Å². The first-order valence-electron chi connectivity index (χ1n) is 10.4. The maximum atomic E-state index is 11.8. The number of nitrogens with one attached hydrogen (secondary N) is 1. The van der Waals surface area contributed by atoms with E-state index in [-0.39, 0.29) is 12.5 Å². The zero-order chi connectivity index (χ0) is 23.2. The van der Waals surface area contributed by atoms with Gasteiger partial charge < -0.3 is 24.1 Å². The molecule has 1 amide bonds. The molecule has 2 aromatic heterocycles. The molecular weight excluding hydrogens is 442 g/mol. The van der Waals surface area contributed by atoms with Gasteiger partial charge in [-0.2, -0.15) is 0 Å². The van der Waals surface area contributed by atoms with E-state index in [1.165, 1.54) is 0 Å². The van der Waals surface area contributed by atoms with Crippen LogP contribution in [-0.2, 0) is 11.2 Å². The number of methoxy groups -OCH3 is 1. The van der Waals surface area contributed by atoms with Gasteiger partial charge in [-0.1, -0.05) is 6.07 Å². The summed E-state index contributed by atoms with van der Waals surface area (Å²) in [6.07, 6.45) is 0.444. The molecule has 4 rings (SSSR count). The van der Waals surface area contributed by atoms with E-state index in [0.29, 0.717) is 30.5 Å². The Labute approximate surface area is 195 Å². The maximum Gasteiger partial charge on any atom is 0.257 e. The summed E-state index contributed by atoms with van der Waals surface area (Å²) in [5, 5.41) is 12.0. The minimum atomic E-state index is -0.157. The number of likely N-dealkylation sites (N-methyl/N-ethyl adjacent to an activating group) is 1. The second-order valence-corrected chi connectivity index (χ2v) is 8.67. The van der Waals surface area contributed by atoms with Crippen LogP contribution in [0.15, 0.2) is 46.9 Å². The third-order valence-electron chi connectivity index (χ3n) is 4.77. The van der Waals surface area contributed by atoms with Crippen molar-refractivity contribution in [2.75, 3.05) is 40.9 Å². The quantitative estimate of drug-likeness (QED) is 0.380. The monoisotopic (exact) mass is 467 g/mol. The second kappa shape index (κ2) is 10.4. The molecule has 0 radical (unpaired) electrons. The van der Waals surface area contributed by atoms with Crippen LogP contribution in [0, 0.1) is 0 Å². The summed E-state index contributed by atoms with van der Waals surface area (Å²) in [5.41, 5.74) is 1.60. The van der Waals surface area contributed by atoms with E-state index < -0.39 is 0 Å². The van der Waals surface area contributed by atoms with Crippen molar-refractivity contribution < 1.29 is 18.7 Å². The van der Waals surface area contributed by atoms with Gasteiger partial charge in [-0.3, -0.25) is 4.79 Å². The number of para-hydroxylation sites is 1. The van der Waals surface area contributed by atoms with Crippen molar-refractivity contribution in [3.05, 3.63) is 53.4 Å². The van der Waals surface area contributed by atoms with Gasteiger partial charge in [0.15, 0.2) is 6.61 Å². The van der Waals surface area contributed by atoms with Crippen molar-refractivity contribution in [3.8, 4) is 23.0 Å². The highest BCUT2D eigenvalue weighted by Gasteiger charge is 2.14. The first-order valence-corrected chi connectivity index (χ1v) is 11.2. The molecule has 0 atom stereocenters. The van der Waals surface area contributed by atoms with Crippen molar-refractivity contribution in [1.82, 2.24) is 25.4 Å². The molecule has 0 unspecified atom stereocenters. The minimum Gasteiger partial charge on any atom is -0.494 e. The molecule has 33 heavy (non-hydrogen) atoms. The molecule has 2 aromatic carbocycles. The fourth-order valence-electron chi connectivity index (χ4n) is 3.09. The van der Waals surface area contributed by atoms with Crippen LogP contribution in [0.4, 0.5) is 0 Å². The van der Waals surface area contributed by atoms with Gasteiger partial charge in [-0.05, 0) is 50.5 Å². The fraction of sp³-hybridized carbons (Fsp3) is 0.304. The SMILES string of the molecule is COc1cccc2sc(Cc3nnc(-c4ccc(OCC(=O)NCCN(C)C)cc4)o3)nc12. The summed E-state index contributed by atoms with van der Waals surface area (Å²) in [4.78, 5) is 18.5. The molecule has 0 aliphatic heterocycles. The summed E-state index contributed by atoms with van der Waals surface area (Å²) in [5.74, 6) is 2.07. The third kappa shape index (κ3) is 5.85. The number of rotatable bonds is 10. The van der Waals surface area contributed by atoms with Crippen LogP contribution >= 0.6 is 11.3 Å². The summed E-state index contributed by atoms with van der Waals surface area (Å²) < 4.78 is 17.8. The highest BCUT2D eigenvalue weighted by atomic mass is 32.1. The predicted octanol–water partition coefficient (Wildman–Crippen LogP) is 3.00. The summed E-state index contributed by atoms with van der Waals surface area (Å²) in [6, 6.07) is 13.0. The van der Waals surface area contributed by atoms with Gasteiger partial charge in [0.1, 0.15) is 22.0 Å². The second-order valence-electron chi connectivity index (χ2n) is 7.56. The number of amides is 1. The van der Waals surface area contributed by atoms with Crippen molar-refractivity contribution in [1.29, 1.82) is 0 Å². The average Bonchev–Trinajstić information content (AvgIpc) is 3.44. The zero-order valence-corrected chi connectivity index (χ0v) is 19.5. The van der Waals surface area contributed by atoms with Gasteiger partial charge in [-0.25, -0.2) is 4.98 Å². The number of nitrogens with zero attached hydrogens (tertiary/aromatic N) is 4. The highest BCUT2D eigenvalue weighted by Crippen LogP contribution is 2.31. The Balaban J connectivity index is 1.34. The van der Waals surface area contributed by atoms with E-state index >= 15 is 0 Å². The van der Waals surface area contributed by atoms with Crippen LogP contribution in [0.5, 0.6) is 11.5 Å². The molecular formula is C23H25N5O4S. The molecule has 0 bridgehead atoms. The van der Waals surface area contributed by atoms with Crippen LogP contribution in [0.1, 0.15) is 10.9 Å². The third-order valence-corrected chi connectivity index (χ3v) is 5.79. The number of hydrogen-bond donors (Lipinski definition) is 1. The van der Waals surface area contributed by atoms with Gasteiger partial charge in [0.2, 0.25) is 11.8 Å². The van der Waals surface area contributed by atoms with Crippen LogP contribution in [0.2, 0.25) is 0 Å². The minimum absolute atomic E-state index is 0.0373. The lowest BCUT2D eigenvalue weighted by Crippen LogP contribution is -2.34. The Bertz CT molecular complexity index is 1220. The fourth-order valence-corrected chi connectivity index (χ4v) is 4.07. The molecule has 4 aromatic rings. The van der Waals surface area contributed by atoms with E-state index in [1.54, 1.807) is 30.6 Å². The number of carbonyl (C=O) groups excluding carboxylic acids is 1. The molecule has 0 saturated carbocycles. The molecule has 10 heteroatoms. The lowest BCUT2D eigenvalue weighted by Gasteiger charge is -2.11. The molecule has 1 N–H and O–H groups in total. The van der Waals surface area contributed by atoms with Crippen LogP contribution in [0.25, 0.3) is 21.7 Å². The Morgan fingerprint density at radius 3 is 2.73 bits per heavy atom. The largest absolute Gasteiger partial charge is 0.494 e. The zero-order valence-electron chi connectivity index (χ0n) is 18.7. The number of fused-ring (bicyclic) bond motifs is 1. The van der Waals surface area contributed by atoms with E-state index in [0.717, 1.165) is 33.1 Å². The first-order chi connectivity index (χ1) is 16.0. The van der Waals surface area contributed by atoms with Crippen molar-refractivity contribution in [3.63, 3.8) is 0 Å². The summed E-state index contributed by atoms with van der Waals surface area (Å²) >= 11 is 1.57. The van der Waals surface area contributed by atoms with Crippen LogP contribution in [0.3, 0.4) is 0 Å². The van der Waals surface area contributed by atoms with Crippen molar-refractivity contribution in [2.24, 2.45) is 0 Å². The Morgan fingerprint density at radius 2 is 1.97 bits per heavy atom. The predicted molar refractivity (Wildman–Crippen MR) is 126 cm³/mol. The number of benzene rings is 2. The number of ether oxygens (including phenoxy) is 2. The molecule has 2 heterocycles. The first kappa shape index (κ1) is 22.7. The van der Waals surface area contributed by atoms with E-state index in [2.05, 4.69) is 20.5 Å². The summed E-state index contributed by atoms with van der Waals surface area (Å²) in [7, 11) is 5.54. The number of aromatic nitrogens is 3. The maximum absolute atomic E-state index is 11.8. The number of hydrogen-bond acceptors (Lipinski definition) is 9. The van der Waals surface area contributed by atoms with Gasteiger partial charge >= 0.3 is 0 Å². The van der Waals surface area contributed by atoms with E-state index in [1.807, 2.05) is 49.3 Å². The lowest BCUT2D eigenvalue weighted by atomic mass is 10.2. The van der Waals surface area contributed by atoms with Gasteiger partial charge in [0.25, 0.3) is 5.91 Å². The molecule has 9 nitrogen and oxygen atoms in total. The Hall–Kier alpha value is -3.50. The smallest absolute Gasteiger partial charge is 0.257 e. The Kier molecular flexibility index (Phi) is 7.16. The van der Waals surface area contributed by atoms with Crippen molar-refractivity contribution in [2.45, 2.75) is 6.42 Å². The van der Waals surface area contributed by atoms with Gasteiger partial charge in [0, 0.05) is 18.7 Å². The Morgan fingerprint density at radius 1 is 1.15 bits per heavy atom. The highest BCUT2D eigenvalue weighted by molar-refractivity contribution is 7.18. The molecule has 0 spiro atoms. The van der Waals surface area contributed by atoms with Gasteiger partial charge in [0.05, 0.1) is 18.2 Å². The lowest BCUT2D eigenvalue weighted by molar-refractivity contribution is -0.123. The summed E-state index contributed by atoms with van der Waals surface area (Å²) in [6.45, 7) is 1.32. The number of carbonyl (C=O) groups is 1. The molecule has 0 saturated heterocycles. The van der Waals surface area contributed by atoms with Crippen LogP contribution < -0.4 is 14.8 Å².